The number of nitrogens with zero attached hydrogens (tertiary/aromatic N) is 1. The van der Waals surface area contributed by atoms with Crippen molar-refractivity contribution in [3.05, 3.63) is 23.3 Å². The number of allylic oxidation sites excluding steroid dienone is 4. The van der Waals surface area contributed by atoms with E-state index < -0.39 is 12.1 Å². The molecule has 18 heavy (non-hydrogen) atoms. The highest BCUT2D eigenvalue weighted by molar-refractivity contribution is 6.21. The molecule has 0 aromatic carbocycles. The second-order valence-electron chi connectivity index (χ2n) is 4.65. The molecule has 0 bridgehead atoms. The molecule has 0 aromatic rings. The molecule has 2 rings (SSSR count). The summed E-state index contributed by atoms with van der Waals surface area (Å²) >= 11 is 0. The van der Waals surface area contributed by atoms with Crippen molar-refractivity contribution in [2.24, 2.45) is 11.1 Å². The molecule has 0 saturated carbocycles. The van der Waals surface area contributed by atoms with Crippen LogP contribution in [0.5, 0.6) is 0 Å². The van der Waals surface area contributed by atoms with Gasteiger partial charge in [0.15, 0.2) is 11.9 Å². The molecule has 1 aliphatic heterocycles. The molecule has 5 nitrogen and oxygen atoms in total. The van der Waals surface area contributed by atoms with Gasteiger partial charge in [-0.15, -0.1) is 0 Å². The van der Waals surface area contributed by atoms with E-state index in [1.807, 2.05) is 13.8 Å². The molecular formula is C13H15NO4. The van der Waals surface area contributed by atoms with Gasteiger partial charge in [-0.1, -0.05) is 19.0 Å². The highest BCUT2D eigenvalue weighted by atomic mass is 16.7. The van der Waals surface area contributed by atoms with Crippen LogP contribution >= 0.6 is 0 Å². The number of rotatable bonds is 3. The predicted molar refractivity (Wildman–Crippen MR) is 65.0 cm³/mol. The lowest BCUT2D eigenvalue weighted by molar-refractivity contribution is -0.145. The molecule has 1 unspecified atom stereocenters. The van der Waals surface area contributed by atoms with Gasteiger partial charge in [-0.3, -0.25) is 4.79 Å². The summed E-state index contributed by atoms with van der Waals surface area (Å²) in [6.45, 7) is 6.01. The maximum atomic E-state index is 11.7. The number of hydrogen-bond donors (Lipinski definition) is 0. The van der Waals surface area contributed by atoms with Crippen molar-refractivity contribution >= 4 is 17.5 Å². The Morgan fingerprint density at radius 2 is 2.17 bits per heavy atom. The minimum Gasteiger partial charge on any atom is -0.361 e. The van der Waals surface area contributed by atoms with Gasteiger partial charge in [-0.25, -0.2) is 4.79 Å². The molecule has 0 amide bonds. The second kappa shape index (κ2) is 4.86. The van der Waals surface area contributed by atoms with Gasteiger partial charge >= 0.3 is 5.97 Å². The van der Waals surface area contributed by atoms with Gasteiger partial charge in [0.2, 0.25) is 0 Å². The third kappa shape index (κ3) is 2.73. The van der Waals surface area contributed by atoms with Gasteiger partial charge < -0.3 is 9.57 Å². The van der Waals surface area contributed by atoms with Crippen molar-refractivity contribution in [3.63, 3.8) is 0 Å². The van der Waals surface area contributed by atoms with Crippen LogP contribution in [0.3, 0.4) is 0 Å². The van der Waals surface area contributed by atoms with Crippen molar-refractivity contribution in [1.29, 1.82) is 0 Å². The van der Waals surface area contributed by atoms with E-state index in [2.05, 4.69) is 5.16 Å². The average Bonchev–Trinajstić information content (AvgIpc) is 3.10. The van der Waals surface area contributed by atoms with Gasteiger partial charge in [-0.2, -0.15) is 0 Å². The fourth-order valence-electron chi connectivity index (χ4n) is 1.57. The van der Waals surface area contributed by atoms with Crippen LogP contribution in [-0.4, -0.2) is 30.2 Å². The zero-order chi connectivity index (χ0) is 13.3. The fourth-order valence-corrected chi connectivity index (χ4v) is 1.57. The van der Waals surface area contributed by atoms with Crippen LogP contribution < -0.4 is 0 Å². The van der Waals surface area contributed by atoms with Crippen LogP contribution in [0.2, 0.25) is 0 Å². The molecule has 5 heteroatoms. The molecule has 1 saturated heterocycles. The van der Waals surface area contributed by atoms with Crippen molar-refractivity contribution in [1.82, 2.24) is 0 Å². The van der Waals surface area contributed by atoms with Crippen molar-refractivity contribution in [3.8, 4) is 0 Å². The third-order valence-corrected chi connectivity index (χ3v) is 2.78. The summed E-state index contributed by atoms with van der Waals surface area (Å²) in [6.07, 6.45) is 2.70. The van der Waals surface area contributed by atoms with Gasteiger partial charge in [0.25, 0.3) is 0 Å². The SMILES string of the molecule is CC1=CC(=O)C(C(C)C)=CC1=NOC(=O)C1CO1. The zero-order valence-electron chi connectivity index (χ0n) is 10.6. The number of hydrogen-bond acceptors (Lipinski definition) is 5. The minimum atomic E-state index is -0.494. The molecule has 1 atom stereocenters. The molecule has 0 aromatic heterocycles. The van der Waals surface area contributed by atoms with E-state index in [0.29, 0.717) is 23.5 Å². The van der Waals surface area contributed by atoms with Crippen LogP contribution in [0.15, 0.2) is 28.5 Å². The summed E-state index contributed by atoms with van der Waals surface area (Å²) in [4.78, 5) is 27.8. The number of ether oxygens (including phenoxy) is 1. The lowest BCUT2D eigenvalue weighted by atomic mass is 9.90. The molecular weight excluding hydrogens is 234 g/mol. The van der Waals surface area contributed by atoms with Gasteiger partial charge in [0, 0.05) is 5.57 Å². The Balaban J connectivity index is 2.14. The first-order valence-electron chi connectivity index (χ1n) is 5.84. The lowest BCUT2D eigenvalue weighted by Gasteiger charge is -2.14. The van der Waals surface area contributed by atoms with E-state index in [1.165, 1.54) is 6.08 Å². The summed E-state index contributed by atoms with van der Waals surface area (Å²) in [5.74, 6) is -0.403. The largest absolute Gasteiger partial charge is 0.365 e. The maximum Gasteiger partial charge on any atom is 0.365 e. The summed E-state index contributed by atoms with van der Waals surface area (Å²) in [7, 11) is 0. The van der Waals surface area contributed by atoms with E-state index in [-0.39, 0.29) is 11.7 Å². The molecule has 0 radical (unpaired) electrons. The van der Waals surface area contributed by atoms with E-state index in [9.17, 15) is 9.59 Å². The Hall–Kier alpha value is -1.75. The molecule has 1 heterocycles. The zero-order valence-corrected chi connectivity index (χ0v) is 10.6. The van der Waals surface area contributed by atoms with E-state index in [1.54, 1.807) is 13.0 Å². The molecule has 2 aliphatic rings. The Kier molecular flexibility index (Phi) is 3.43. The Morgan fingerprint density at radius 3 is 2.72 bits per heavy atom. The van der Waals surface area contributed by atoms with E-state index in [0.717, 1.165) is 0 Å². The van der Waals surface area contributed by atoms with E-state index >= 15 is 0 Å². The number of carbonyl (C=O) groups is 2. The maximum absolute atomic E-state index is 11.7. The first kappa shape index (κ1) is 12.7. The summed E-state index contributed by atoms with van der Waals surface area (Å²) in [5, 5.41) is 3.78. The van der Waals surface area contributed by atoms with Crippen LogP contribution in [0.25, 0.3) is 0 Å². The minimum absolute atomic E-state index is 0.0155. The van der Waals surface area contributed by atoms with Crippen molar-refractivity contribution in [2.45, 2.75) is 26.9 Å². The number of oxime groups is 1. The van der Waals surface area contributed by atoms with Crippen LogP contribution in [0.1, 0.15) is 20.8 Å². The Morgan fingerprint density at radius 1 is 1.50 bits per heavy atom. The number of epoxide rings is 1. The standard InChI is InChI=1S/C13H15NO4/c1-7(2)9-5-10(8(3)4-11(9)15)14-18-13(16)12-6-17-12/h4-5,7,12H,6H2,1-3H3. The smallest absolute Gasteiger partial charge is 0.361 e. The molecule has 1 fully saturated rings. The first-order chi connectivity index (χ1) is 8.49. The van der Waals surface area contributed by atoms with Crippen molar-refractivity contribution < 1.29 is 19.2 Å². The van der Waals surface area contributed by atoms with Crippen LogP contribution in [0.4, 0.5) is 0 Å². The molecule has 1 aliphatic carbocycles. The molecule has 96 valence electrons. The normalized spacial score (nSPS) is 25.0. The van der Waals surface area contributed by atoms with Crippen molar-refractivity contribution in [2.75, 3.05) is 6.61 Å². The van der Waals surface area contributed by atoms with Gasteiger partial charge in [-0.05, 0) is 30.6 Å². The highest BCUT2D eigenvalue weighted by Crippen LogP contribution is 2.19. The Labute approximate surface area is 105 Å². The summed E-state index contributed by atoms with van der Waals surface area (Å²) in [6, 6.07) is 0. The third-order valence-electron chi connectivity index (χ3n) is 2.78. The first-order valence-corrected chi connectivity index (χ1v) is 5.84. The molecule has 0 N–H and O–H groups in total. The van der Waals surface area contributed by atoms with E-state index in [4.69, 9.17) is 9.57 Å². The van der Waals surface area contributed by atoms with Crippen LogP contribution in [-0.2, 0) is 19.2 Å². The topological polar surface area (TPSA) is 68.3 Å². The summed E-state index contributed by atoms with van der Waals surface area (Å²) in [5.41, 5.74) is 1.86. The highest BCUT2D eigenvalue weighted by Gasteiger charge is 2.33. The fraction of sp³-hybridized carbons (Fsp3) is 0.462. The Bertz CT molecular complexity index is 481. The monoisotopic (exact) mass is 249 g/mol. The average molecular weight is 249 g/mol. The lowest BCUT2D eigenvalue weighted by Crippen LogP contribution is -2.17. The number of ketones is 1. The van der Waals surface area contributed by atoms with Crippen LogP contribution in [0, 0.1) is 5.92 Å². The number of carbonyl (C=O) groups excluding carboxylic acids is 2. The van der Waals surface area contributed by atoms with Gasteiger partial charge in [0.1, 0.15) is 5.71 Å². The van der Waals surface area contributed by atoms with Gasteiger partial charge in [0.05, 0.1) is 6.61 Å². The predicted octanol–water partition coefficient (Wildman–Crippen LogP) is 1.40. The quantitative estimate of drug-likeness (QED) is 0.328. The summed E-state index contributed by atoms with van der Waals surface area (Å²) < 4.78 is 4.79. The second-order valence-corrected chi connectivity index (χ2v) is 4.65. The molecule has 0 spiro atoms.